The van der Waals surface area contributed by atoms with Crippen LogP contribution < -0.4 is 10.2 Å². The van der Waals surface area contributed by atoms with E-state index in [0.717, 1.165) is 44.0 Å². The predicted octanol–water partition coefficient (Wildman–Crippen LogP) is 3.75. The lowest BCUT2D eigenvalue weighted by atomic mass is 10.1. The van der Waals surface area contributed by atoms with Crippen LogP contribution in [0, 0.1) is 6.92 Å². The van der Waals surface area contributed by atoms with Crippen molar-refractivity contribution in [3.63, 3.8) is 0 Å². The number of anilines is 2. The summed E-state index contributed by atoms with van der Waals surface area (Å²) in [6.07, 6.45) is 0. The topological polar surface area (TPSA) is 55.8 Å². The molecule has 5 nitrogen and oxygen atoms in total. The number of carbonyl (C=O) groups is 1. The summed E-state index contributed by atoms with van der Waals surface area (Å²) < 4.78 is 0. The largest absolute Gasteiger partial charge is 0.507 e. The van der Waals surface area contributed by atoms with E-state index in [-0.39, 0.29) is 17.2 Å². The molecule has 0 saturated carbocycles. The van der Waals surface area contributed by atoms with Gasteiger partial charge >= 0.3 is 0 Å². The van der Waals surface area contributed by atoms with Crippen LogP contribution in [-0.2, 0) is 0 Å². The third-order valence-electron chi connectivity index (χ3n) is 4.76. The fraction of sp³-hybridized carbons (Fsp3) is 0.350. The van der Waals surface area contributed by atoms with Gasteiger partial charge in [0.25, 0.3) is 5.91 Å². The van der Waals surface area contributed by atoms with Gasteiger partial charge in [-0.1, -0.05) is 30.2 Å². The Labute approximate surface area is 159 Å². The highest BCUT2D eigenvalue weighted by molar-refractivity contribution is 6.33. The maximum atomic E-state index is 12.4. The molecule has 1 saturated heterocycles. The average molecular weight is 374 g/mol. The van der Waals surface area contributed by atoms with E-state index in [1.54, 1.807) is 18.2 Å². The lowest BCUT2D eigenvalue weighted by Gasteiger charge is -2.36. The average Bonchev–Trinajstić information content (AvgIpc) is 2.64. The third kappa shape index (κ3) is 4.11. The van der Waals surface area contributed by atoms with E-state index in [4.69, 9.17) is 11.6 Å². The number of carbonyl (C=O) groups excluding carboxylic acids is 1. The molecule has 1 heterocycles. The molecule has 26 heavy (non-hydrogen) atoms. The van der Waals surface area contributed by atoms with Crippen LogP contribution in [-0.4, -0.2) is 48.6 Å². The standard InChI is InChI=1S/C20H24ClN3O2/c1-3-23-8-10-24(11-9-23)18-6-5-15(13-17(18)21)22-20(26)16-12-14(2)4-7-19(16)25/h4-7,12-13,25H,3,8-11H2,1-2H3,(H,22,26). The molecule has 1 amide bonds. The zero-order chi connectivity index (χ0) is 18.7. The first-order chi connectivity index (χ1) is 12.5. The van der Waals surface area contributed by atoms with Gasteiger partial charge in [-0.2, -0.15) is 0 Å². The molecular formula is C20H24ClN3O2. The van der Waals surface area contributed by atoms with Crippen LogP contribution in [0.4, 0.5) is 11.4 Å². The number of aryl methyl sites for hydroxylation is 1. The SMILES string of the molecule is CCN1CCN(c2ccc(NC(=O)c3cc(C)ccc3O)cc2Cl)CC1. The van der Waals surface area contributed by atoms with E-state index in [0.29, 0.717) is 10.7 Å². The Bertz CT molecular complexity index is 802. The van der Waals surface area contributed by atoms with Gasteiger partial charge in [0.05, 0.1) is 16.3 Å². The lowest BCUT2D eigenvalue weighted by Crippen LogP contribution is -2.46. The first kappa shape index (κ1) is 18.5. The molecule has 1 fully saturated rings. The molecule has 1 aliphatic heterocycles. The molecule has 0 spiro atoms. The normalized spacial score (nSPS) is 15.1. The molecule has 0 aliphatic carbocycles. The Balaban J connectivity index is 1.71. The number of nitrogens with one attached hydrogen (secondary N) is 1. The molecule has 3 rings (SSSR count). The number of nitrogens with zero attached hydrogens (tertiary/aromatic N) is 2. The molecule has 2 aromatic carbocycles. The van der Waals surface area contributed by atoms with Gasteiger partial charge in [0.15, 0.2) is 0 Å². The van der Waals surface area contributed by atoms with E-state index in [1.807, 2.05) is 19.1 Å². The highest BCUT2D eigenvalue weighted by Crippen LogP contribution is 2.30. The van der Waals surface area contributed by atoms with Crippen molar-refractivity contribution in [2.24, 2.45) is 0 Å². The summed E-state index contributed by atoms with van der Waals surface area (Å²) in [4.78, 5) is 17.1. The van der Waals surface area contributed by atoms with Crippen molar-refractivity contribution >= 4 is 28.9 Å². The second-order valence-corrected chi connectivity index (χ2v) is 6.97. The summed E-state index contributed by atoms with van der Waals surface area (Å²) in [6, 6.07) is 10.5. The van der Waals surface area contributed by atoms with E-state index in [1.165, 1.54) is 6.07 Å². The molecule has 0 radical (unpaired) electrons. The van der Waals surface area contributed by atoms with Crippen LogP contribution in [0.15, 0.2) is 36.4 Å². The van der Waals surface area contributed by atoms with Crippen LogP contribution in [0.3, 0.4) is 0 Å². The summed E-state index contributed by atoms with van der Waals surface area (Å²) in [7, 11) is 0. The highest BCUT2D eigenvalue weighted by Gasteiger charge is 2.18. The molecule has 0 bridgehead atoms. The molecule has 138 valence electrons. The number of rotatable bonds is 4. The molecule has 2 aromatic rings. The van der Waals surface area contributed by atoms with Gasteiger partial charge in [-0.05, 0) is 43.8 Å². The number of hydrogen-bond donors (Lipinski definition) is 2. The number of hydrogen-bond acceptors (Lipinski definition) is 4. The molecule has 0 aromatic heterocycles. The Hall–Kier alpha value is -2.24. The number of phenols is 1. The summed E-state index contributed by atoms with van der Waals surface area (Å²) in [5.41, 5.74) is 2.75. The quantitative estimate of drug-likeness (QED) is 0.857. The maximum Gasteiger partial charge on any atom is 0.259 e. The van der Waals surface area contributed by atoms with E-state index in [2.05, 4.69) is 22.0 Å². The lowest BCUT2D eigenvalue weighted by molar-refractivity contribution is 0.102. The van der Waals surface area contributed by atoms with Gasteiger partial charge in [-0.15, -0.1) is 0 Å². The van der Waals surface area contributed by atoms with E-state index in [9.17, 15) is 9.90 Å². The van der Waals surface area contributed by atoms with Gasteiger partial charge in [0.2, 0.25) is 0 Å². The van der Waals surface area contributed by atoms with Crippen molar-refractivity contribution in [2.75, 3.05) is 42.9 Å². The fourth-order valence-corrected chi connectivity index (χ4v) is 3.48. The van der Waals surface area contributed by atoms with Crippen molar-refractivity contribution in [3.05, 3.63) is 52.5 Å². The number of likely N-dealkylation sites (N-methyl/N-ethyl adjacent to an activating group) is 1. The minimum absolute atomic E-state index is 0.0374. The Morgan fingerprint density at radius 3 is 2.54 bits per heavy atom. The number of piperazine rings is 1. The fourth-order valence-electron chi connectivity index (χ4n) is 3.18. The highest BCUT2D eigenvalue weighted by atomic mass is 35.5. The summed E-state index contributed by atoms with van der Waals surface area (Å²) in [5.74, 6) is -0.392. The first-order valence-corrected chi connectivity index (χ1v) is 9.23. The molecule has 0 atom stereocenters. The van der Waals surface area contributed by atoms with Crippen LogP contribution in [0.1, 0.15) is 22.8 Å². The third-order valence-corrected chi connectivity index (χ3v) is 5.07. The Morgan fingerprint density at radius 1 is 1.15 bits per heavy atom. The van der Waals surface area contributed by atoms with Crippen LogP contribution in [0.2, 0.25) is 5.02 Å². The van der Waals surface area contributed by atoms with Gasteiger partial charge < -0.3 is 20.2 Å². The number of aromatic hydroxyl groups is 1. The van der Waals surface area contributed by atoms with Crippen molar-refractivity contribution in [1.82, 2.24) is 4.90 Å². The van der Waals surface area contributed by atoms with Crippen molar-refractivity contribution in [2.45, 2.75) is 13.8 Å². The Morgan fingerprint density at radius 2 is 1.88 bits per heavy atom. The monoisotopic (exact) mass is 373 g/mol. The smallest absolute Gasteiger partial charge is 0.259 e. The molecule has 2 N–H and O–H groups in total. The first-order valence-electron chi connectivity index (χ1n) is 8.85. The minimum Gasteiger partial charge on any atom is -0.507 e. The zero-order valence-corrected chi connectivity index (χ0v) is 15.9. The van der Waals surface area contributed by atoms with Gasteiger partial charge in [0.1, 0.15) is 5.75 Å². The number of phenolic OH excluding ortho intramolecular Hbond substituents is 1. The number of halogens is 1. The Kier molecular flexibility index (Phi) is 5.69. The summed E-state index contributed by atoms with van der Waals surface area (Å²) in [5, 5.41) is 13.3. The van der Waals surface area contributed by atoms with E-state index >= 15 is 0 Å². The van der Waals surface area contributed by atoms with Gasteiger partial charge in [0, 0.05) is 31.9 Å². The van der Waals surface area contributed by atoms with E-state index < -0.39 is 0 Å². The van der Waals surface area contributed by atoms with Crippen LogP contribution in [0.5, 0.6) is 5.75 Å². The molecule has 1 aliphatic rings. The van der Waals surface area contributed by atoms with Gasteiger partial charge in [-0.25, -0.2) is 0 Å². The summed E-state index contributed by atoms with van der Waals surface area (Å²) >= 11 is 6.46. The maximum absolute atomic E-state index is 12.4. The van der Waals surface area contributed by atoms with Crippen LogP contribution in [0.25, 0.3) is 0 Å². The second-order valence-electron chi connectivity index (χ2n) is 6.56. The van der Waals surface area contributed by atoms with Gasteiger partial charge in [-0.3, -0.25) is 4.79 Å². The summed E-state index contributed by atoms with van der Waals surface area (Å²) in [6.45, 7) is 9.05. The van der Waals surface area contributed by atoms with Crippen LogP contribution >= 0.6 is 11.6 Å². The van der Waals surface area contributed by atoms with Crippen molar-refractivity contribution in [3.8, 4) is 5.75 Å². The number of benzene rings is 2. The minimum atomic E-state index is -0.355. The molecule has 0 unspecified atom stereocenters. The zero-order valence-electron chi connectivity index (χ0n) is 15.1. The van der Waals surface area contributed by atoms with Crippen molar-refractivity contribution < 1.29 is 9.90 Å². The predicted molar refractivity (Wildman–Crippen MR) is 107 cm³/mol. The van der Waals surface area contributed by atoms with Crippen molar-refractivity contribution in [1.29, 1.82) is 0 Å². The second kappa shape index (κ2) is 7.98. The number of amides is 1. The molecular weight excluding hydrogens is 350 g/mol. The molecule has 6 heteroatoms.